The number of rotatable bonds is 3. The zero-order valence-corrected chi connectivity index (χ0v) is 14.4. The van der Waals surface area contributed by atoms with Crippen molar-refractivity contribution in [3.63, 3.8) is 0 Å². The lowest BCUT2D eigenvalue weighted by molar-refractivity contribution is 0.303. The second-order valence-corrected chi connectivity index (χ2v) is 6.73. The van der Waals surface area contributed by atoms with E-state index < -0.39 is 0 Å². The van der Waals surface area contributed by atoms with Gasteiger partial charge in [-0.3, -0.25) is 0 Å². The highest BCUT2D eigenvalue weighted by atomic mass is 35.5. The average molecular weight is 357 g/mol. The van der Waals surface area contributed by atoms with E-state index in [0.29, 0.717) is 16.8 Å². The Morgan fingerprint density at radius 1 is 1.29 bits per heavy atom. The molecule has 120 valence electrons. The quantitative estimate of drug-likeness (QED) is 0.612. The molecule has 2 aromatic carbocycles. The fourth-order valence-corrected chi connectivity index (χ4v) is 3.54. The van der Waals surface area contributed by atoms with E-state index in [9.17, 15) is 0 Å². The van der Waals surface area contributed by atoms with Crippen LogP contribution < -0.4 is 9.47 Å². The number of hydrogen-bond acceptors (Lipinski definition) is 5. The van der Waals surface area contributed by atoms with E-state index >= 15 is 0 Å². The average Bonchev–Trinajstić information content (AvgIpc) is 3.03. The summed E-state index contributed by atoms with van der Waals surface area (Å²) in [5, 5.41) is 1.39. The van der Waals surface area contributed by atoms with Gasteiger partial charge in [0, 0.05) is 22.9 Å². The SMILES string of the molecule is COc1ccc2c(c1)OCc1sc(N=Cc3cccc(Cl)c3)nc1-2. The van der Waals surface area contributed by atoms with Gasteiger partial charge in [0.15, 0.2) is 0 Å². The van der Waals surface area contributed by atoms with Gasteiger partial charge in [0.2, 0.25) is 5.13 Å². The van der Waals surface area contributed by atoms with Crippen molar-refractivity contribution in [3.05, 3.63) is 57.9 Å². The molecule has 0 amide bonds. The largest absolute Gasteiger partial charge is 0.497 e. The van der Waals surface area contributed by atoms with E-state index in [1.165, 1.54) is 11.3 Å². The Bertz CT molecular complexity index is 937. The molecular formula is C18H13ClN2O2S. The van der Waals surface area contributed by atoms with Crippen LogP contribution in [0.2, 0.25) is 5.02 Å². The number of benzene rings is 2. The lowest BCUT2D eigenvalue weighted by atomic mass is 10.1. The maximum atomic E-state index is 5.99. The van der Waals surface area contributed by atoms with Gasteiger partial charge in [-0.1, -0.05) is 35.1 Å². The van der Waals surface area contributed by atoms with Gasteiger partial charge >= 0.3 is 0 Å². The van der Waals surface area contributed by atoms with Crippen LogP contribution in [0.25, 0.3) is 11.3 Å². The van der Waals surface area contributed by atoms with E-state index in [0.717, 1.165) is 33.2 Å². The summed E-state index contributed by atoms with van der Waals surface area (Å²) in [7, 11) is 1.64. The van der Waals surface area contributed by atoms with E-state index in [1.807, 2.05) is 42.5 Å². The maximum absolute atomic E-state index is 5.99. The Balaban J connectivity index is 1.66. The highest BCUT2D eigenvalue weighted by molar-refractivity contribution is 7.15. The molecule has 0 saturated carbocycles. The number of fused-ring (bicyclic) bond motifs is 3. The third kappa shape index (κ3) is 2.88. The van der Waals surface area contributed by atoms with Crippen molar-refractivity contribution in [2.75, 3.05) is 7.11 Å². The number of ether oxygens (including phenoxy) is 2. The Morgan fingerprint density at radius 3 is 3.04 bits per heavy atom. The van der Waals surface area contributed by atoms with Gasteiger partial charge in [-0.15, -0.1) is 0 Å². The van der Waals surface area contributed by atoms with Crippen LogP contribution in [0.15, 0.2) is 47.5 Å². The maximum Gasteiger partial charge on any atom is 0.210 e. The molecule has 2 heterocycles. The first-order valence-corrected chi connectivity index (χ1v) is 8.53. The van der Waals surface area contributed by atoms with Gasteiger partial charge in [0.1, 0.15) is 18.1 Å². The van der Waals surface area contributed by atoms with Gasteiger partial charge in [0.25, 0.3) is 0 Å². The summed E-state index contributed by atoms with van der Waals surface area (Å²) in [6.45, 7) is 0.500. The number of halogens is 1. The molecule has 0 radical (unpaired) electrons. The van der Waals surface area contributed by atoms with Crippen molar-refractivity contribution in [1.29, 1.82) is 0 Å². The molecule has 0 saturated heterocycles. The van der Waals surface area contributed by atoms with Crippen LogP contribution in [0, 0.1) is 0 Å². The molecule has 0 spiro atoms. The molecule has 0 bridgehead atoms. The van der Waals surface area contributed by atoms with Gasteiger partial charge in [-0.25, -0.2) is 9.98 Å². The first-order valence-electron chi connectivity index (χ1n) is 7.33. The summed E-state index contributed by atoms with van der Waals surface area (Å²) in [5.74, 6) is 1.56. The van der Waals surface area contributed by atoms with E-state index in [1.54, 1.807) is 13.3 Å². The van der Waals surface area contributed by atoms with Gasteiger partial charge in [-0.2, -0.15) is 0 Å². The molecule has 1 aliphatic rings. The molecule has 0 atom stereocenters. The summed E-state index contributed by atoms with van der Waals surface area (Å²) < 4.78 is 11.0. The molecular weight excluding hydrogens is 344 g/mol. The van der Waals surface area contributed by atoms with Crippen LogP contribution >= 0.6 is 22.9 Å². The van der Waals surface area contributed by atoms with Crippen molar-refractivity contribution in [2.24, 2.45) is 4.99 Å². The number of methoxy groups -OCH3 is 1. The number of thiazole rings is 1. The fraction of sp³-hybridized carbons (Fsp3) is 0.111. The molecule has 4 nitrogen and oxygen atoms in total. The second kappa shape index (κ2) is 6.26. The highest BCUT2D eigenvalue weighted by Crippen LogP contribution is 2.42. The topological polar surface area (TPSA) is 43.7 Å². The smallest absolute Gasteiger partial charge is 0.210 e. The number of aliphatic imine (C=N–C) groups is 1. The third-order valence-corrected chi connectivity index (χ3v) is 4.83. The second-order valence-electron chi connectivity index (χ2n) is 5.23. The zero-order chi connectivity index (χ0) is 16.5. The summed E-state index contributed by atoms with van der Waals surface area (Å²) >= 11 is 7.52. The fourth-order valence-electron chi connectivity index (χ4n) is 2.51. The molecule has 6 heteroatoms. The molecule has 3 aromatic rings. The monoisotopic (exact) mass is 356 g/mol. The summed E-state index contributed by atoms with van der Waals surface area (Å²) in [6.07, 6.45) is 1.77. The molecule has 1 aromatic heterocycles. The Morgan fingerprint density at radius 2 is 2.21 bits per heavy atom. The summed E-state index contributed by atoms with van der Waals surface area (Å²) in [5.41, 5.74) is 2.84. The van der Waals surface area contributed by atoms with Crippen molar-refractivity contribution in [1.82, 2.24) is 4.98 Å². The molecule has 0 fully saturated rings. The Kier molecular flexibility index (Phi) is 3.96. The van der Waals surface area contributed by atoms with E-state index in [4.69, 9.17) is 21.1 Å². The van der Waals surface area contributed by atoms with Gasteiger partial charge in [0.05, 0.1) is 17.7 Å². The van der Waals surface area contributed by atoms with Crippen LogP contribution in [-0.4, -0.2) is 18.3 Å². The minimum absolute atomic E-state index is 0.500. The molecule has 4 rings (SSSR count). The van der Waals surface area contributed by atoms with Crippen LogP contribution in [0.1, 0.15) is 10.4 Å². The minimum atomic E-state index is 0.500. The first kappa shape index (κ1) is 15.2. The lowest BCUT2D eigenvalue weighted by Gasteiger charge is -2.16. The predicted molar refractivity (Wildman–Crippen MR) is 97.1 cm³/mol. The van der Waals surface area contributed by atoms with Gasteiger partial charge < -0.3 is 9.47 Å². The summed E-state index contributed by atoms with van der Waals surface area (Å²) in [6, 6.07) is 13.3. The number of aromatic nitrogens is 1. The molecule has 24 heavy (non-hydrogen) atoms. The molecule has 1 aliphatic heterocycles. The van der Waals surface area contributed by atoms with Crippen LogP contribution in [-0.2, 0) is 6.61 Å². The minimum Gasteiger partial charge on any atom is -0.497 e. The van der Waals surface area contributed by atoms with Crippen molar-refractivity contribution in [2.45, 2.75) is 6.61 Å². The Hall–Kier alpha value is -2.37. The first-order chi connectivity index (χ1) is 11.7. The van der Waals surface area contributed by atoms with Crippen molar-refractivity contribution >= 4 is 34.3 Å². The van der Waals surface area contributed by atoms with E-state index in [2.05, 4.69) is 9.98 Å². The number of nitrogens with zero attached hydrogens (tertiary/aromatic N) is 2. The van der Waals surface area contributed by atoms with Crippen LogP contribution in [0.3, 0.4) is 0 Å². The highest BCUT2D eigenvalue weighted by Gasteiger charge is 2.22. The number of hydrogen-bond donors (Lipinski definition) is 0. The Labute approximate surface area is 148 Å². The zero-order valence-electron chi connectivity index (χ0n) is 12.8. The normalized spacial score (nSPS) is 12.6. The van der Waals surface area contributed by atoms with Crippen molar-refractivity contribution < 1.29 is 9.47 Å². The van der Waals surface area contributed by atoms with Crippen LogP contribution in [0.5, 0.6) is 11.5 Å². The van der Waals surface area contributed by atoms with Crippen molar-refractivity contribution in [3.8, 4) is 22.8 Å². The third-order valence-electron chi connectivity index (χ3n) is 3.66. The van der Waals surface area contributed by atoms with Crippen LogP contribution in [0.4, 0.5) is 5.13 Å². The predicted octanol–water partition coefficient (Wildman–Crippen LogP) is 5.12. The molecule has 0 unspecified atom stereocenters. The van der Waals surface area contributed by atoms with E-state index in [-0.39, 0.29) is 0 Å². The lowest BCUT2D eigenvalue weighted by Crippen LogP contribution is -2.03. The molecule has 0 aliphatic carbocycles. The standard InChI is InChI=1S/C18H13ClN2O2S/c1-22-13-5-6-14-15(8-13)23-10-16-17(14)21-18(24-16)20-9-11-3-2-4-12(19)7-11/h2-9H,10H2,1H3. The van der Waals surface area contributed by atoms with Gasteiger partial charge in [-0.05, 0) is 29.8 Å². The summed E-state index contributed by atoms with van der Waals surface area (Å²) in [4.78, 5) is 10.2. The molecule has 0 N–H and O–H groups in total.